The van der Waals surface area contributed by atoms with Crippen LogP contribution in [0.4, 0.5) is 4.79 Å². The summed E-state index contributed by atoms with van der Waals surface area (Å²) in [6.07, 6.45) is 0.299. The lowest BCUT2D eigenvalue weighted by molar-refractivity contribution is -0.127. The number of aromatic amines is 1. The topological polar surface area (TPSA) is 109 Å². The van der Waals surface area contributed by atoms with E-state index >= 15 is 0 Å². The number of amides is 2. The van der Waals surface area contributed by atoms with E-state index in [4.69, 9.17) is 16.3 Å². The summed E-state index contributed by atoms with van der Waals surface area (Å²) in [5.74, 6) is -0.386. The Balaban J connectivity index is 1.16. The van der Waals surface area contributed by atoms with E-state index in [2.05, 4.69) is 15.5 Å². The number of carbonyl (C=O) groups is 2. The Bertz CT molecular complexity index is 1450. The molecular formula is C25H22ClN5O4. The lowest BCUT2D eigenvalue weighted by Gasteiger charge is -2.13. The smallest absolute Gasteiger partial charge is 0.411 e. The number of nitrogens with one attached hydrogen (secondary N) is 2. The third-order valence-electron chi connectivity index (χ3n) is 5.86. The third kappa shape index (κ3) is 5.04. The Hall–Kier alpha value is -4.11. The minimum atomic E-state index is -0.902. The molecule has 2 amide bonds. The van der Waals surface area contributed by atoms with Gasteiger partial charge in [-0.05, 0) is 35.4 Å². The van der Waals surface area contributed by atoms with Crippen LogP contribution in [-0.2, 0) is 29.2 Å². The zero-order chi connectivity index (χ0) is 24.4. The Morgan fingerprint density at radius 1 is 1.09 bits per heavy atom. The number of fused-ring (bicyclic) bond motifs is 1. The third-order valence-corrected chi connectivity index (χ3v) is 6.10. The number of cyclic esters (lactones) is 1. The zero-order valence-corrected chi connectivity index (χ0v) is 19.4. The summed E-state index contributed by atoms with van der Waals surface area (Å²) >= 11 is 6.06. The molecule has 4 aromatic rings. The summed E-state index contributed by atoms with van der Waals surface area (Å²) in [6, 6.07) is 18.0. The molecule has 0 bridgehead atoms. The molecule has 2 N–H and O–H groups in total. The largest absolute Gasteiger partial charge is 0.434 e. The van der Waals surface area contributed by atoms with Crippen molar-refractivity contribution in [2.75, 3.05) is 6.54 Å². The Kier molecular flexibility index (Phi) is 6.24. The molecule has 3 heterocycles. The van der Waals surface area contributed by atoms with Crippen molar-refractivity contribution in [3.63, 3.8) is 0 Å². The summed E-state index contributed by atoms with van der Waals surface area (Å²) in [5, 5.41) is 11.3. The summed E-state index contributed by atoms with van der Waals surface area (Å²) in [4.78, 5) is 38.3. The SMILES string of the molecule is O=C(NCc1n[nH]c2ccc(Cl)cc12)C1CN(Cc2ccc(Cn3ccccc3=O)cc2)C(=O)O1. The number of carbonyl (C=O) groups excluding carboxylic acids is 2. The second-order valence-electron chi connectivity index (χ2n) is 8.31. The normalized spacial score (nSPS) is 15.4. The quantitative estimate of drug-likeness (QED) is 0.413. The minimum Gasteiger partial charge on any atom is -0.434 e. The molecule has 35 heavy (non-hydrogen) atoms. The molecule has 10 heteroatoms. The standard InChI is InChI=1S/C25H22ClN5O4/c26-18-8-9-20-19(11-18)21(29-28-20)12-27-24(33)22-15-31(25(34)35-22)14-17-6-4-16(5-7-17)13-30-10-2-1-3-23(30)32/h1-11,22H,12-15H2,(H,27,33)(H,28,29). The summed E-state index contributed by atoms with van der Waals surface area (Å²) in [6.45, 7) is 1.11. The van der Waals surface area contributed by atoms with Gasteiger partial charge in [-0.2, -0.15) is 5.10 Å². The predicted molar refractivity (Wildman–Crippen MR) is 130 cm³/mol. The van der Waals surface area contributed by atoms with Crippen molar-refractivity contribution in [2.24, 2.45) is 0 Å². The second kappa shape index (κ2) is 9.63. The molecule has 1 fully saturated rings. The van der Waals surface area contributed by atoms with E-state index in [1.165, 1.54) is 11.0 Å². The van der Waals surface area contributed by atoms with Gasteiger partial charge in [0.2, 0.25) is 0 Å². The van der Waals surface area contributed by atoms with Gasteiger partial charge >= 0.3 is 6.09 Å². The highest BCUT2D eigenvalue weighted by atomic mass is 35.5. The van der Waals surface area contributed by atoms with Gasteiger partial charge < -0.3 is 14.6 Å². The van der Waals surface area contributed by atoms with E-state index in [0.29, 0.717) is 23.8 Å². The fourth-order valence-electron chi connectivity index (χ4n) is 3.99. The van der Waals surface area contributed by atoms with E-state index in [9.17, 15) is 14.4 Å². The van der Waals surface area contributed by atoms with E-state index in [1.54, 1.807) is 29.0 Å². The fraction of sp³-hybridized carbons (Fsp3) is 0.200. The summed E-state index contributed by atoms with van der Waals surface area (Å²) in [7, 11) is 0. The van der Waals surface area contributed by atoms with Crippen LogP contribution in [-0.4, -0.2) is 44.3 Å². The molecule has 0 radical (unpaired) electrons. The molecular weight excluding hydrogens is 470 g/mol. The van der Waals surface area contributed by atoms with Gasteiger partial charge in [0.1, 0.15) is 0 Å². The van der Waals surface area contributed by atoms with Crippen LogP contribution in [0.5, 0.6) is 0 Å². The van der Waals surface area contributed by atoms with E-state index < -0.39 is 12.2 Å². The van der Waals surface area contributed by atoms with Crippen LogP contribution in [0.1, 0.15) is 16.8 Å². The van der Waals surface area contributed by atoms with Gasteiger partial charge in [-0.25, -0.2) is 4.79 Å². The van der Waals surface area contributed by atoms with Gasteiger partial charge in [-0.3, -0.25) is 19.6 Å². The highest BCUT2D eigenvalue weighted by Crippen LogP contribution is 2.21. The first-order valence-corrected chi connectivity index (χ1v) is 11.4. The highest BCUT2D eigenvalue weighted by Gasteiger charge is 2.36. The van der Waals surface area contributed by atoms with Crippen molar-refractivity contribution < 1.29 is 14.3 Å². The van der Waals surface area contributed by atoms with Crippen LogP contribution >= 0.6 is 11.6 Å². The average molecular weight is 492 g/mol. The van der Waals surface area contributed by atoms with E-state index in [1.807, 2.05) is 36.4 Å². The number of rotatable bonds is 7. The molecule has 1 aliphatic rings. The van der Waals surface area contributed by atoms with Gasteiger partial charge in [0.25, 0.3) is 11.5 Å². The number of H-pyrrole nitrogens is 1. The molecule has 2 aromatic carbocycles. The number of hydrogen-bond donors (Lipinski definition) is 2. The first kappa shape index (κ1) is 22.7. The molecule has 1 unspecified atom stereocenters. The van der Waals surface area contributed by atoms with Gasteiger partial charge in [-0.15, -0.1) is 0 Å². The molecule has 2 aromatic heterocycles. The van der Waals surface area contributed by atoms with Gasteiger partial charge in [-0.1, -0.05) is 41.9 Å². The van der Waals surface area contributed by atoms with Crippen molar-refractivity contribution in [3.05, 3.63) is 99.1 Å². The molecule has 1 aliphatic heterocycles. The molecule has 0 aliphatic carbocycles. The monoisotopic (exact) mass is 491 g/mol. The zero-order valence-electron chi connectivity index (χ0n) is 18.6. The molecule has 5 rings (SSSR count). The predicted octanol–water partition coefficient (Wildman–Crippen LogP) is 3.06. The van der Waals surface area contributed by atoms with Crippen LogP contribution in [0.2, 0.25) is 5.02 Å². The minimum absolute atomic E-state index is 0.0648. The van der Waals surface area contributed by atoms with Crippen molar-refractivity contribution in [1.29, 1.82) is 0 Å². The Morgan fingerprint density at radius 2 is 1.86 bits per heavy atom. The van der Waals surface area contributed by atoms with Crippen molar-refractivity contribution in [1.82, 2.24) is 25.0 Å². The number of halogens is 1. The maximum Gasteiger partial charge on any atom is 0.411 e. The second-order valence-corrected chi connectivity index (χ2v) is 8.75. The number of pyridine rings is 1. The molecule has 9 nitrogen and oxygen atoms in total. The Morgan fingerprint density at radius 3 is 2.63 bits per heavy atom. The summed E-state index contributed by atoms with van der Waals surface area (Å²) < 4.78 is 6.91. The molecule has 1 saturated heterocycles. The number of aromatic nitrogens is 3. The fourth-order valence-corrected chi connectivity index (χ4v) is 4.16. The van der Waals surface area contributed by atoms with Crippen LogP contribution in [0.15, 0.2) is 71.7 Å². The summed E-state index contributed by atoms with van der Waals surface area (Å²) in [5.41, 5.74) is 3.27. The average Bonchev–Trinajstić information content (AvgIpc) is 3.43. The van der Waals surface area contributed by atoms with Crippen LogP contribution in [0.3, 0.4) is 0 Å². The molecule has 178 valence electrons. The first-order chi connectivity index (χ1) is 17.0. The maximum absolute atomic E-state index is 12.6. The van der Waals surface area contributed by atoms with Crippen LogP contribution < -0.4 is 10.9 Å². The highest BCUT2D eigenvalue weighted by molar-refractivity contribution is 6.31. The maximum atomic E-state index is 12.6. The lowest BCUT2D eigenvalue weighted by atomic mass is 10.1. The van der Waals surface area contributed by atoms with Gasteiger partial charge in [0.05, 0.1) is 30.8 Å². The number of ether oxygens (including phenoxy) is 1. The first-order valence-electron chi connectivity index (χ1n) is 11.1. The van der Waals surface area contributed by atoms with Crippen molar-refractivity contribution >= 4 is 34.5 Å². The van der Waals surface area contributed by atoms with Crippen LogP contribution in [0.25, 0.3) is 10.9 Å². The number of benzene rings is 2. The van der Waals surface area contributed by atoms with Crippen molar-refractivity contribution in [3.8, 4) is 0 Å². The number of hydrogen-bond acceptors (Lipinski definition) is 5. The Labute approximate surface area is 205 Å². The van der Waals surface area contributed by atoms with Gasteiger partial charge in [0.15, 0.2) is 6.10 Å². The lowest BCUT2D eigenvalue weighted by Crippen LogP contribution is -2.37. The number of nitrogens with zero attached hydrogens (tertiary/aromatic N) is 3. The van der Waals surface area contributed by atoms with Crippen molar-refractivity contribution in [2.45, 2.75) is 25.7 Å². The molecule has 0 spiro atoms. The van der Waals surface area contributed by atoms with Gasteiger partial charge in [0, 0.05) is 29.2 Å². The molecule has 1 atom stereocenters. The molecule has 0 saturated carbocycles. The van der Waals surface area contributed by atoms with E-state index in [0.717, 1.165) is 22.0 Å². The van der Waals surface area contributed by atoms with Crippen LogP contribution in [0, 0.1) is 0 Å². The van der Waals surface area contributed by atoms with E-state index in [-0.39, 0.29) is 24.6 Å².